The quantitative estimate of drug-likeness (QED) is 0.179. The molecule has 1 aliphatic heterocycles. The molecule has 0 saturated carbocycles. The molecule has 1 fully saturated rings. The zero-order valence-corrected chi connectivity index (χ0v) is 27.7. The van der Waals surface area contributed by atoms with Crippen LogP contribution in [-0.4, -0.2) is 80.2 Å². The van der Waals surface area contributed by atoms with Crippen molar-refractivity contribution in [1.29, 1.82) is 0 Å². The number of benzene rings is 3. The van der Waals surface area contributed by atoms with Crippen molar-refractivity contribution < 1.29 is 32.6 Å². The summed E-state index contributed by atoms with van der Waals surface area (Å²) in [6, 6.07) is 20.5. The van der Waals surface area contributed by atoms with Gasteiger partial charge in [0, 0.05) is 36.6 Å². The summed E-state index contributed by atoms with van der Waals surface area (Å²) in [4.78, 5) is 40.0. The van der Waals surface area contributed by atoms with E-state index in [1.54, 1.807) is 31.2 Å². The first-order valence-corrected chi connectivity index (χ1v) is 17.1. The fourth-order valence-corrected chi connectivity index (χ4v) is 6.76. The van der Waals surface area contributed by atoms with Crippen LogP contribution in [0.1, 0.15) is 43.1 Å². The molecular formula is C34H43N5O7S. The Morgan fingerprint density at radius 3 is 2.40 bits per heavy atom. The van der Waals surface area contributed by atoms with E-state index in [1.807, 2.05) is 44.2 Å². The maximum atomic E-state index is 13.8. The number of anilines is 2. The lowest BCUT2D eigenvalue weighted by molar-refractivity contribution is -0.129. The number of carbonyl (C=O) groups excluding carboxylic acids is 3. The van der Waals surface area contributed by atoms with Gasteiger partial charge in [0.15, 0.2) is 6.10 Å². The minimum Gasteiger partial charge on any atom is -0.434 e. The fourth-order valence-electron chi connectivity index (χ4n) is 5.19. The van der Waals surface area contributed by atoms with Crippen LogP contribution in [0, 0.1) is 5.92 Å². The Morgan fingerprint density at radius 2 is 1.74 bits per heavy atom. The van der Waals surface area contributed by atoms with E-state index in [4.69, 9.17) is 10.5 Å². The highest BCUT2D eigenvalue weighted by atomic mass is 32.2. The minimum absolute atomic E-state index is 0.0108. The molecule has 1 aliphatic rings. The van der Waals surface area contributed by atoms with Crippen LogP contribution >= 0.6 is 0 Å². The highest BCUT2D eigenvalue weighted by Crippen LogP contribution is 2.24. The normalized spacial score (nSPS) is 16.7. The average Bonchev–Trinajstić information content (AvgIpc) is 3.46. The van der Waals surface area contributed by atoms with E-state index in [2.05, 4.69) is 10.6 Å². The van der Waals surface area contributed by atoms with Crippen molar-refractivity contribution in [2.24, 2.45) is 5.92 Å². The predicted octanol–water partition coefficient (Wildman–Crippen LogP) is 3.17. The molecule has 0 radical (unpaired) electrons. The van der Waals surface area contributed by atoms with E-state index in [-0.39, 0.29) is 42.8 Å². The second kappa shape index (κ2) is 15.9. The van der Waals surface area contributed by atoms with Crippen molar-refractivity contribution in [3.8, 4) is 0 Å². The number of nitrogens with two attached hydrogens (primary N) is 1. The van der Waals surface area contributed by atoms with Crippen molar-refractivity contribution >= 4 is 39.3 Å². The standard InChI is InChI=1S/C34H43N5O7S/c1-4-23(3)20-38(47(44,45)28-16-14-26(35)15-17-28)21-30(40)29(18-24-10-7-6-8-11-24)37-33(42)31-22-39(34(43)46-31)27-13-9-12-25(19-27)32(41)36-5-2/h6-17,19,23,29-31,40H,4-5,18,20-22,35H2,1-3H3,(H,36,41)(H,37,42)/t23-,29-,30+,31?/m0/s1. The third-order valence-electron chi connectivity index (χ3n) is 8.07. The Kier molecular flexibility index (Phi) is 12.0. The molecule has 1 saturated heterocycles. The van der Waals surface area contributed by atoms with E-state index in [0.717, 1.165) is 5.56 Å². The Labute approximate surface area is 275 Å². The van der Waals surface area contributed by atoms with Crippen LogP contribution in [-0.2, 0) is 26.0 Å². The number of nitrogens with one attached hydrogen (secondary N) is 2. The summed E-state index contributed by atoms with van der Waals surface area (Å²) in [5, 5.41) is 17.1. The first kappa shape index (κ1) is 35.4. The lowest BCUT2D eigenvalue weighted by Gasteiger charge is -2.31. The first-order chi connectivity index (χ1) is 22.4. The van der Waals surface area contributed by atoms with Gasteiger partial charge in [0.1, 0.15) is 0 Å². The van der Waals surface area contributed by atoms with Gasteiger partial charge in [0.25, 0.3) is 11.8 Å². The number of nitrogen functional groups attached to an aromatic ring is 1. The molecule has 3 amide bonds. The summed E-state index contributed by atoms with van der Waals surface area (Å²) in [5.41, 5.74) is 7.75. The molecule has 3 aromatic carbocycles. The van der Waals surface area contributed by atoms with Crippen LogP contribution in [0.4, 0.5) is 16.2 Å². The van der Waals surface area contributed by atoms with Crippen molar-refractivity contribution in [2.45, 2.75) is 56.8 Å². The van der Waals surface area contributed by atoms with Crippen LogP contribution in [0.3, 0.4) is 0 Å². The van der Waals surface area contributed by atoms with Crippen LogP contribution < -0.4 is 21.3 Å². The maximum absolute atomic E-state index is 13.8. The second-order valence-electron chi connectivity index (χ2n) is 11.7. The number of amides is 3. The number of carbonyl (C=O) groups is 3. The number of sulfonamides is 1. The van der Waals surface area contributed by atoms with Gasteiger partial charge in [0.2, 0.25) is 10.0 Å². The van der Waals surface area contributed by atoms with Crippen LogP contribution in [0.25, 0.3) is 0 Å². The Balaban J connectivity index is 1.55. The summed E-state index contributed by atoms with van der Waals surface area (Å²) in [6.45, 7) is 5.85. The first-order valence-electron chi connectivity index (χ1n) is 15.7. The van der Waals surface area contributed by atoms with Crippen molar-refractivity contribution in [1.82, 2.24) is 14.9 Å². The van der Waals surface area contributed by atoms with Crippen LogP contribution in [0.15, 0.2) is 83.8 Å². The minimum atomic E-state index is -4.03. The number of nitrogens with zero attached hydrogens (tertiary/aromatic N) is 2. The zero-order chi connectivity index (χ0) is 34.1. The lowest BCUT2D eigenvalue weighted by Crippen LogP contribution is -2.53. The monoisotopic (exact) mass is 665 g/mol. The van der Waals surface area contributed by atoms with E-state index in [0.29, 0.717) is 29.9 Å². The molecule has 4 atom stereocenters. The van der Waals surface area contributed by atoms with E-state index in [9.17, 15) is 27.9 Å². The summed E-state index contributed by atoms with van der Waals surface area (Å²) >= 11 is 0. The second-order valence-corrected chi connectivity index (χ2v) is 13.6. The van der Waals surface area contributed by atoms with Gasteiger partial charge < -0.3 is 26.2 Å². The smallest absolute Gasteiger partial charge is 0.415 e. The number of aliphatic hydroxyl groups excluding tert-OH is 1. The fraction of sp³-hybridized carbons (Fsp3) is 0.382. The Bertz CT molecular complexity index is 1640. The van der Waals surface area contributed by atoms with Gasteiger partial charge in [-0.1, -0.05) is 56.7 Å². The predicted molar refractivity (Wildman–Crippen MR) is 179 cm³/mol. The highest BCUT2D eigenvalue weighted by molar-refractivity contribution is 7.89. The summed E-state index contributed by atoms with van der Waals surface area (Å²) in [5.74, 6) is -0.950. The maximum Gasteiger partial charge on any atom is 0.415 e. The molecule has 47 heavy (non-hydrogen) atoms. The third kappa shape index (κ3) is 9.09. The number of hydrogen-bond acceptors (Lipinski definition) is 8. The number of aliphatic hydroxyl groups is 1. The molecule has 1 unspecified atom stereocenters. The van der Waals surface area contributed by atoms with Gasteiger partial charge in [-0.25, -0.2) is 13.2 Å². The van der Waals surface area contributed by atoms with Crippen molar-refractivity contribution in [2.75, 3.05) is 36.8 Å². The zero-order valence-electron chi connectivity index (χ0n) is 26.8. The number of ether oxygens (including phenoxy) is 1. The largest absolute Gasteiger partial charge is 0.434 e. The molecule has 5 N–H and O–H groups in total. The molecule has 0 aromatic heterocycles. The number of hydrogen-bond donors (Lipinski definition) is 4. The van der Waals surface area contributed by atoms with Crippen molar-refractivity contribution in [3.63, 3.8) is 0 Å². The van der Waals surface area contributed by atoms with E-state index >= 15 is 0 Å². The molecule has 1 heterocycles. The molecule has 0 aliphatic carbocycles. The summed E-state index contributed by atoms with van der Waals surface area (Å²) in [7, 11) is -4.03. The van der Waals surface area contributed by atoms with Gasteiger partial charge in [-0.2, -0.15) is 4.31 Å². The lowest BCUT2D eigenvalue weighted by atomic mass is 10.0. The van der Waals surface area contributed by atoms with Crippen LogP contribution in [0.5, 0.6) is 0 Å². The molecule has 252 valence electrons. The molecule has 12 nitrogen and oxygen atoms in total. The molecule has 0 bridgehead atoms. The highest BCUT2D eigenvalue weighted by Gasteiger charge is 2.39. The van der Waals surface area contributed by atoms with Gasteiger partial charge in [0.05, 0.1) is 23.6 Å². The topological polar surface area (TPSA) is 171 Å². The number of rotatable bonds is 15. The SMILES string of the molecule is CCNC(=O)c1cccc(N2CC(C(=O)N[C@@H](Cc3ccccc3)[C@H](O)CN(C[C@@H](C)CC)S(=O)(=O)c3ccc(N)cc3)OC2=O)c1. The van der Waals surface area contributed by atoms with E-state index < -0.39 is 40.3 Å². The van der Waals surface area contributed by atoms with Gasteiger partial charge >= 0.3 is 6.09 Å². The van der Waals surface area contributed by atoms with Gasteiger partial charge in [-0.3, -0.25) is 14.5 Å². The van der Waals surface area contributed by atoms with Crippen molar-refractivity contribution in [3.05, 3.63) is 90.0 Å². The third-order valence-corrected chi connectivity index (χ3v) is 9.92. The molecule has 13 heteroatoms. The Hall–Kier alpha value is -4.46. The van der Waals surface area contributed by atoms with Gasteiger partial charge in [-0.15, -0.1) is 0 Å². The van der Waals surface area contributed by atoms with E-state index in [1.165, 1.54) is 33.5 Å². The summed E-state index contributed by atoms with van der Waals surface area (Å²) in [6.07, 6.45) is -2.40. The molecule has 3 aromatic rings. The molecule has 4 rings (SSSR count). The molecular weight excluding hydrogens is 622 g/mol. The average molecular weight is 666 g/mol. The summed E-state index contributed by atoms with van der Waals surface area (Å²) < 4.78 is 34.2. The number of cyclic esters (lactones) is 1. The molecule has 0 spiro atoms. The Morgan fingerprint density at radius 1 is 1.04 bits per heavy atom. The van der Waals surface area contributed by atoms with Crippen LogP contribution in [0.2, 0.25) is 0 Å². The van der Waals surface area contributed by atoms with Gasteiger partial charge in [-0.05, 0) is 67.3 Å².